The van der Waals surface area contributed by atoms with E-state index < -0.39 is 11.6 Å². The fourth-order valence-electron chi connectivity index (χ4n) is 4.05. The van der Waals surface area contributed by atoms with Crippen molar-refractivity contribution >= 4 is 12.0 Å². The third-order valence-corrected chi connectivity index (χ3v) is 5.28. The van der Waals surface area contributed by atoms with Crippen molar-refractivity contribution in [2.24, 2.45) is 5.92 Å². The molecular formula is C20H24O4. The molecule has 0 spiro atoms. The average Bonchev–Trinajstić information content (AvgIpc) is 2.52. The Morgan fingerprint density at radius 3 is 2.83 bits per heavy atom. The van der Waals surface area contributed by atoms with Crippen molar-refractivity contribution in [3.63, 3.8) is 0 Å². The quantitative estimate of drug-likeness (QED) is 0.644. The molecule has 0 saturated heterocycles. The lowest BCUT2D eigenvalue weighted by Crippen LogP contribution is -2.45. The predicted molar refractivity (Wildman–Crippen MR) is 93.5 cm³/mol. The van der Waals surface area contributed by atoms with Gasteiger partial charge < -0.3 is 14.6 Å². The number of esters is 1. The zero-order valence-electron chi connectivity index (χ0n) is 14.7. The van der Waals surface area contributed by atoms with Crippen molar-refractivity contribution in [2.45, 2.75) is 45.1 Å². The van der Waals surface area contributed by atoms with Gasteiger partial charge in [0.2, 0.25) is 0 Å². The zero-order valence-corrected chi connectivity index (χ0v) is 14.7. The Balaban J connectivity index is 2.33. The molecule has 0 fully saturated rings. The lowest BCUT2D eigenvalue weighted by atomic mass is 9.67. The maximum absolute atomic E-state index is 12.4. The van der Waals surface area contributed by atoms with E-state index >= 15 is 0 Å². The van der Waals surface area contributed by atoms with Crippen LogP contribution in [0, 0.1) is 5.92 Å². The van der Waals surface area contributed by atoms with Gasteiger partial charge in [0.1, 0.15) is 22.7 Å². The molecule has 1 aromatic carbocycles. The van der Waals surface area contributed by atoms with Crippen LogP contribution in [0.4, 0.5) is 0 Å². The molecule has 4 nitrogen and oxygen atoms in total. The fraction of sp³-hybridized carbons (Fsp3) is 0.450. The van der Waals surface area contributed by atoms with E-state index in [0.717, 1.165) is 12.8 Å². The summed E-state index contributed by atoms with van der Waals surface area (Å²) in [6, 6.07) is 1.58. The number of hydrogen-bond acceptors (Lipinski definition) is 4. The van der Waals surface area contributed by atoms with E-state index in [4.69, 9.17) is 9.47 Å². The monoisotopic (exact) mass is 328 g/mol. The van der Waals surface area contributed by atoms with E-state index in [1.54, 1.807) is 6.07 Å². The number of methoxy groups -OCH3 is 1. The molecule has 128 valence electrons. The normalized spacial score (nSPS) is 24.1. The number of ether oxygens (including phenoxy) is 2. The van der Waals surface area contributed by atoms with Gasteiger partial charge in [-0.15, -0.1) is 0 Å². The highest BCUT2D eigenvalue weighted by Gasteiger charge is 2.47. The highest BCUT2D eigenvalue weighted by Crippen LogP contribution is 2.54. The highest BCUT2D eigenvalue weighted by molar-refractivity contribution is 5.98. The maximum Gasteiger partial charge on any atom is 0.342 e. The van der Waals surface area contributed by atoms with Gasteiger partial charge in [-0.05, 0) is 45.2 Å². The second-order valence-electron chi connectivity index (χ2n) is 7.19. The summed E-state index contributed by atoms with van der Waals surface area (Å²) in [6.45, 7) is 9.93. The van der Waals surface area contributed by atoms with E-state index in [-0.39, 0.29) is 17.6 Å². The SMILES string of the molecule is C=Cc1cc(O)c2c(c1C(=O)OC)OC(C)(C)[C@@H]1CCC(C)=C[C@@H]21. The van der Waals surface area contributed by atoms with Gasteiger partial charge in [-0.25, -0.2) is 4.79 Å². The minimum atomic E-state index is -0.480. The first kappa shape index (κ1) is 16.6. The minimum Gasteiger partial charge on any atom is -0.507 e. The van der Waals surface area contributed by atoms with E-state index in [0.29, 0.717) is 22.4 Å². The molecule has 1 aliphatic heterocycles. The molecule has 1 heterocycles. The highest BCUT2D eigenvalue weighted by atomic mass is 16.5. The molecule has 1 aromatic rings. The maximum atomic E-state index is 12.4. The van der Waals surface area contributed by atoms with Crippen molar-refractivity contribution < 1.29 is 19.4 Å². The Labute approximate surface area is 142 Å². The van der Waals surface area contributed by atoms with Crippen LogP contribution >= 0.6 is 0 Å². The van der Waals surface area contributed by atoms with Crippen molar-refractivity contribution in [1.29, 1.82) is 0 Å². The second kappa shape index (κ2) is 5.69. The topological polar surface area (TPSA) is 55.8 Å². The Morgan fingerprint density at radius 1 is 1.50 bits per heavy atom. The number of carbonyl (C=O) groups is 1. The Kier molecular flexibility index (Phi) is 3.94. The van der Waals surface area contributed by atoms with Gasteiger partial charge in [-0.3, -0.25) is 0 Å². The molecule has 3 rings (SSSR count). The van der Waals surface area contributed by atoms with Crippen LogP contribution in [0.5, 0.6) is 11.5 Å². The molecule has 0 aromatic heterocycles. The molecule has 4 heteroatoms. The van der Waals surface area contributed by atoms with Gasteiger partial charge >= 0.3 is 5.97 Å². The molecule has 0 saturated carbocycles. The standard InChI is InChI=1S/C20H24O4/c1-6-12-10-15(21)17-13-9-11(2)7-8-14(13)20(3,4)24-18(17)16(12)19(22)23-5/h6,9-10,13-14,21H,1,7-8H2,2-5H3/t13-,14-/m1/s1. The Morgan fingerprint density at radius 2 is 2.21 bits per heavy atom. The summed E-state index contributed by atoms with van der Waals surface area (Å²) in [6.07, 6.45) is 5.76. The fourth-order valence-corrected chi connectivity index (χ4v) is 4.05. The van der Waals surface area contributed by atoms with E-state index in [2.05, 4.69) is 19.6 Å². The second-order valence-corrected chi connectivity index (χ2v) is 7.19. The molecule has 1 N–H and O–H groups in total. The van der Waals surface area contributed by atoms with Crippen LogP contribution in [0.15, 0.2) is 24.3 Å². The Hall–Kier alpha value is -2.23. The zero-order chi connectivity index (χ0) is 17.6. The van der Waals surface area contributed by atoms with Gasteiger partial charge in [0.25, 0.3) is 0 Å². The molecule has 2 atom stereocenters. The van der Waals surface area contributed by atoms with Crippen LogP contribution in [0.2, 0.25) is 0 Å². The summed E-state index contributed by atoms with van der Waals surface area (Å²) in [7, 11) is 1.34. The number of phenolic OH excluding ortho intramolecular Hbond substituents is 1. The molecular weight excluding hydrogens is 304 g/mol. The first-order valence-electron chi connectivity index (χ1n) is 8.27. The van der Waals surface area contributed by atoms with Gasteiger partial charge in [-0.1, -0.05) is 24.3 Å². The number of fused-ring (bicyclic) bond motifs is 3. The molecule has 0 unspecified atom stereocenters. The van der Waals surface area contributed by atoms with E-state index in [9.17, 15) is 9.90 Å². The van der Waals surface area contributed by atoms with Crippen LogP contribution in [-0.2, 0) is 4.74 Å². The number of rotatable bonds is 2. The van der Waals surface area contributed by atoms with E-state index in [1.165, 1.54) is 18.8 Å². The molecule has 0 bridgehead atoms. The van der Waals surface area contributed by atoms with E-state index in [1.807, 2.05) is 13.8 Å². The van der Waals surface area contributed by atoms with Crippen molar-refractivity contribution in [1.82, 2.24) is 0 Å². The Bertz CT molecular complexity index is 742. The summed E-state index contributed by atoms with van der Waals surface area (Å²) in [5.74, 6) is 0.365. The number of carbonyl (C=O) groups excluding carboxylic acids is 1. The number of aromatic hydroxyl groups is 1. The van der Waals surface area contributed by atoms with Crippen LogP contribution in [0.1, 0.15) is 61.0 Å². The minimum absolute atomic E-state index is 0.0276. The average molecular weight is 328 g/mol. The number of phenols is 1. The molecule has 0 radical (unpaired) electrons. The number of benzene rings is 1. The summed E-state index contributed by atoms with van der Waals surface area (Å²) >= 11 is 0. The summed E-state index contributed by atoms with van der Waals surface area (Å²) < 4.78 is 11.2. The number of allylic oxidation sites excluding steroid dienone is 2. The predicted octanol–water partition coefficient (Wildman–Crippen LogP) is 4.43. The van der Waals surface area contributed by atoms with Gasteiger partial charge in [-0.2, -0.15) is 0 Å². The third kappa shape index (κ3) is 2.41. The van der Waals surface area contributed by atoms with Crippen molar-refractivity contribution in [3.05, 3.63) is 41.0 Å². The van der Waals surface area contributed by atoms with Gasteiger partial charge in [0.15, 0.2) is 0 Å². The molecule has 24 heavy (non-hydrogen) atoms. The summed E-state index contributed by atoms with van der Waals surface area (Å²) in [4.78, 5) is 12.4. The first-order chi connectivity index (χ1) is 11.3. The van der Waals surface area contributed by atoms with Crippen LogP contribution in [-0.4, -0.2) is 23.8 Å². The van der Waals surface area contributed by atoms with Crippen molar-refractivity contribution in [2.75, 3.05) is 7.11 Å². The lowest BCUT2D eigenvalue weighted by molar-refractivity contribution is 0.00890. The first-order valence-corrected chi connectivity index (χ1v) is 8.27. The largest absolute Gasteiger partial charge is 0.507 e. The van der Waals surface area contributed by atoms with Crippen LogP contribution in [0.3, 0.4) is 0 Å². The molecule has 0 amide bonds. The molecule has 1 aliphatic carbocycles. The third-order valence-electron chi connectivity index (χ3n) is 5.28. The van der Waals surface area contributed by atoms with Crippen LogP contribution < -0.4 is 4.74 Å². The molecule has 2 aliphatic rings. The summed E-state index contributed by atoms with van der Waals surface area (Å²) in [5, 5.41) is 10.6. The van der Waals surface area contributed by atoms with Crippen molar-refractivity contribution in [3.8, 4) is 11.5 Å². The van der Waals surface area contributed by atoms with Gasteiger partial charge in [0, 0.05) is 17.4 Å². The van der Waals surface area contributed by atoms with Gasteiger partial charge in [0.05, 0.1) is 7.11 Å². The number of hydrogen-bond donors (Lipinski definition) is 1. The summed E-state index contributed by atoms with van der Waals surface area (Å²) in [5.41, 5.74) is 2.40. The van der Waals surface area contributed by atoms with Crippen LogP contribution in [0.25, 0.3) is 6.08 Å². The lowest BCUT2D eigenvalue weighted by Gasteiger charge is -2.47. The smallest absolute Gasteiger partial charge is 0.342 e.